The Balaban J connectivity index is 1.59. The molecule has 2 heterocycles. The minimum absolute atomic E-state index is 0.0510. The Bertz CT molecular complexity index is 1310. The summed E-state index contributed by atoms with van der Waals surface area (Å²) in [7, 11) is 0. The van der Waals surface area contributed by atoms with Crippen molar-refractivity contribution in [3.63, 3.8) is 0 Å². The van der Waals surface area contributed by atoms with Crippen LogP contribution in [0, 0.1) is 19.8 Å². The second kappa shape index (κ2) is 9.41. The van der Waals surface area contributed by atoms with Gasteiger partial charge in [0.15, 0.2) is 0 Å². The van der Waals surface area contributed by atoms with Crippen LogP contribution in [0.1, 0.15) is 55.5 Å². The quantitative estimate of drug-likeness (QED) is 0.322. The highest BCUT2D eigenvalue weighted by Crippen LogP contribution is 2.39. The van der Waals surface area contributed by atoms with Gasteiger partial charge >= 0.3 is 5.97 Å². The van der Waals surface area contributed by atoms with Crippen LogP contribution in [-0.4, -0.2) is 27.1 Å². The lowest BCUT2D eigenvalue weighted by atomic mass is 9.75. The lowest BCUT2D eigenvalue weighted by Gasteiger charge is -2.30. The zero-order valence-corrected chi connectivity index (χ0v) is 20.1. The highest BCUT2D eigenvalue weighted by atomic mass is 16.5. The number of nitrogens with zero attached hydrogens (tertiary/aromatic N) is 3. The summed E-state index contributed by atoms with van der Waals surface area (Å²) in [5.74, 6) is 1.01. The second-order valence-electron chi connectivity index (χ2n) is 9.19. The maximum absolute atomic E-state index is 12.6. The molecule has 2 unspecified atom stereocenters. The van der Waals surface area contributed by atoms with Crippen LogP contribution < -0.4 is 0 Å². The van der Waals surface area contributed by atoms with Crippen molar-refractivity contribution in [2.24, 2.45) is 5.92 Å². The molecule has 1 saturated carbocycles. The van der Waals surface area contributed by atoms with E-state index in [1.54, 1.807) is 0 Å². The van der Waals surface area contributed by atoms with Gasteiger partial charge in [-0.2, -0.15) is 0 Å². The minimum Gasteiger partial charge on any atom is -0.466 e. The Labute approximate surface area is 200 Å². The van der Waals surface area contributed by atoms with Crippen LogP contribution >= 0.6 is 0 Å². The summed E-state index contributed by atoms with van der Waals surface area (Å²) in [6.07, 6.45) is 4.17. The fourth-order valence-corrected chi connectivity index (χ4v) is 5.35. The van der Waals surface area contributed by atoms with E-state index in [2.05, 4.69) is 52.0 Å². The molecule has 2 atom stereocenters. The minimum atomic E-state index is -0.0540. The van der Waals surface area contributed by atoms with Crippen molar-refractivity contribution in [3.05, 3.63) is 77.6 Å². The maximum Gasteiger partial charge on any atom is 0.309 e. The number of carbonyl (C=O) groups excluding carboxylic acids is 1. The smallest absolute Gasteiger partial charge is 0.309 e. The van der Waals surface area contributed by atoms with Crippen LogP contribution in [-0.2, 0) is 9.53 Å². The Hall–Kier alpha value is -3.47. The van der Waals surface area contributed by atoms with Crippen molar-refractivity contribution < 1.29 is 9.53 Å². The van der Waals surface area contributed by atoms with Gasteiger partial charge in [0, 0.05) is 16.9 Å². The van der Waals surface area contributed by atoms with Crippen LogP contribution in [0.4, 0.5) is 0 Å². The molecule has 2 aromatic carbocycles. The van der Waals surface area contributed by atoms with Crippen LogP contribution in [0.25, 0.3) is 28.1 Å². The zero-order valence-electron chi connectivity index (χ0n) is 20.1. The SMILES string of the molecule is CCOC(=O)C1CCCCC1c1ccc(-n2c(-c3ccccc3)nc3c(C)nc(C)cc32)cc1. The molecule has 5 nitrogen and oxygen atoms in total. The van der Waals surface area contributed by atoms with Crippen LogP contribution in [0.15, 0.2) is 60.7 Å². The first-order valence-corrected chi connectivity index (χ1v) is 12.3. The largest absolute Gasteiger partial charge is 0.466 e. The van der Waals surface area contributed by atoms with Gasteiger partial charge in [0.1, 0.15) is 11.3 Å². The second-order valence-corrected chi connectivity index (χ2v) is 9.19. The van der Waals surface area contributed by atoms with E-state index in [-0.39, 0.29) is 17.8 Å². The molecular formula is C29H31N3O2. The predicted molar refractivity (Wildman–Crippen MR) is 135 cm³/mol. The molecule has 1 aliphatic rings. The van der Waals surface area contributed by atoms with E-state index in [0.29, 0.717) is 6.61 Å². The van der Waals surface area contributed by atoms with Gasteiger partial charge in [-0.15, -0.1) is 0 Å². The molecule has 1 aliphatic carbocycles. The van der Waals surface area contributed by atoms with Gasteiger partial charge in [-0.05, 0) is 63.3 Å². The Morgan fingerprint density at radius 3 is 2.47 bits per heavy atom. The number of carbonyl (C=O) groups is 1. The lowest BCUT2D eigenvalue weighted by Crippen LogP contribution is -2.27. The van der Waals surface area contributed by atoms with E-state index >= 15 is 0 Å². The molecule has 0 radical (unpaired) electrons. The van der Waals surface area contributed by atoms with Crippen molar-refractivity contribution in [2.45, 2.75) is 52.4 Å². The summed E-state index contributed by atoms with van der Waals surface area (Å²) >= 11 is 0. The third-order valence-corrected chi connectivity index (χ3v) is 6.91. The normalized spacial score (nSPS) is 18.2. The van der Waals surface area contributed by atoms with Gasteiger partial charge in [0.05, 0.1) is 23.7 Å². The van der Waals surface area contributed by atoms with Crippen LogP contribution in [0.2, 0.25) is 0 Å². The van der Waals surface area contributed by atoms with Crippen molar-refractivity contribution in [3.8, 4) is 17.1 Å². The molecule has 5 heteroatoms. The number of aromatic nitrogens is 3. The van der Waals surface area contributed by atoms with E-state index in [4.69, 9.17) is 9.72 Å². The summed E-state index contributed by atoms with van der Waals surface area (Å²) in [6.45, 7) is 6.35. The Kier molecular flexibility index (Phi) is 6.18. The molecule has 0 bridgehead atoms. The summed E-state index contributed by atoms with van der Waals surface area (Å²) in [6, 6.07) is 21.1. The average molecular weight is 454 g/mol. The number of ether oxygens (including phenoxy) is 1. The molecule has 174 valence electrons. The van der Waals surface area contributed by atoms with E-state index in [1.807, 2.05) is 39.0 Å². The van der Waals surface area contributed by atoms with Gasteiger partial charge in [0.2, 0.25) is 0 Å². The van der Waals surface area contributed by atoms with E-state index in [9.17, 15) is 4.79 Å². The summed E-state index contributed by atoms with van der Waals surface area (Å²) in [4.78, 5) is 22.3. The number of pyridine rings is 1. The average Bonchev–Trinajstić information content (AvgIpc) is 3.24. The Morgan fingerprint density at radius 2 is 1.74 bits per heavy atom. The monoisotopic (exact) mass is 453 g/mol. The first-order valence-electron chi connectivity index (χ1n) is 12.3. The fourth-order valence-electron chi connectivity index (χ4n) is 5.35. The first kappa shape index (κ1) is 22.3. The van der Waals surface area contributed by atoms with Crippen LogP contribution in [0.3, 0.4) is 0 Å². The summed E-state index contributed by atoms with van der Waals surface area (Å²) in [5, 5.41) is 0. The number of rotatable bonds is 5. The number of fused-ring (bicyclic) bond motifs is 1. The van der Waals surface area contributed by atoms with Gasteiger partial charge in [-0.1, -0.05) is 55.3 Å². The number of hydrogen-bond donors (Lipinski definition) is 0. The highest BCUT2D eigenvalue weighted by Gasteiger charge is 2.33. The molecule has 0 aliphatic heterocycles. The van der Waals surface area contributed by atoms with E-state index in [1.165, 1.54) is 5.56 Å². The molecule has 0 N–H and O–H groups in total. The lowest BCUT2D eigenvalue weighted by molar-refractivity contribution is -0.149. The van der Waals surface area contributed by atoms with Crippen molar-refractivity contribution >= 4 is 17.0 Å². The van der Waals surface area contributed by atoms with E-state index in [0.717, 1.165) is 65.2 Å². The molecule has 0 amide bonds. The van der Waals surface area contributed by atoms with Gasteiger partial charge < -0.3 is 4.74 Å². The topological polar surface area (TPSA) is 57.0 Å². The third kappa shape index (κ3) is 4.11. The van der Waals surface area contributed by atoms with Gasteiger partial charge in [0.25, 0.3) is 0 Å². The maximum atomic E-state index is 12.6. The third-order valence-electron chi connectivity index (χ3n) is 6.91. The van der Waals surface area contributed by atoms with Crippen LogP contribution in [0.5, 0.6) is 0 Å². The zero-order chi connectivity index (χ0) is 23.7. The van der Waals surface area contributed by atoms with E-state index < -0.39 is 0 Å². The van der Waals surface area contributed by atoms with Crippen molar-refractivity contribution in [1.29, 1.82) is 0 Å². The predicted octanol–water partition coefficient (Wildman–Crippen LogP) is 6.54. The molecule has 0 saturated heterocycles. The summed E-state index contributed by atoms with van der Waals surface area (Å²) in [5.41, 5.74) is 7.21. The standard InChI is InChI=1S/C29H31N3O2/c1-4-34-29(33)25-13-9-8-12-24(25)21-14-16-23(17-15-21)32-26-18-19(2)30-20(3)27(26)31-28(32)22-10-6-5-7-11-22/h5-7,10-11,14-18,24-25H,4,8-9,12-13H2,1-3H3. The molecule has 5 rings (SSSR count). The number of hydrogen-bond acceptors (Lipinski definition) is 4. The molecule has 4 aromatic rings. The molecule has 34 heavy (non-hydrogen) atoms. The summed E-state index contributed by atoms with van der Waals surface area (Å²) < 4.78 is 7.62. The van der Waals surface area contributed by atoms with Gasteiger partial charge in [-0.3, -0.25) is 14.3 Å². The molecular weight excluding hydrogens is 422 g/mol. The number of benzene rings is 2. The molecule has 1 fully saturated rings. The number of imidazole rings is 1. The first-order chi connectivity index (χ1) is 16.6. The molecule has 2 aromatic heterocycles. The van der Waals surface area contributed by atoms with Gasteiger partial charge in [-0.25, -0.2) is 4.98 Å². The number of aryl methyl sites for hydroxylation is 2. The number of esters is 1. The Morgan fingerprint density at radius 1 is 1.00 bits per heavy atom. The van der Waals surface area contributed by atoms with Crippen molar-refractivity contribution in [1.82, 2.24) is 14.5 Å². The highest BCUT2D eigenvalue weighted by molar-refractivity contribution is 5.85. The molecule has 0 spiro atoms. The fraction of sp³-hybridized carbons (Fsp3) is 0.345. The van der Waals surface area contributed by atoms with Crippen molar-refractivity contribution in [2.75, 3.05) is 6.61 Å².